The number of nitro benzene ring substituents is 1. The third-order valence-corrected chi connectivity index (χ3v) is 4.74. The van der Waals surface area contributed by atoms with Crippen LogP contribution in [-0.4, -0.2) is 26.4 Å². The highest BCUT2D eigenvalue weighted by Gasteiger charge is 2.27. The lowest BCUT2D eigenvalue weighted by atomic mass is 9.94. The van der Waals surface area contributed by atoms with Crippen LogP contribution in [0.25, 0.3) is 0 Å². The Morgan fingerprint density at radius 2 is 2.05 bits per heavy atom. The average Bonchev–Trinajstić information content (AvgIpc) is 2.33. The largest absolute Gasteiger partial charge is 0.387 e. The van der Waals surface area contributed by atoms with Crippen LogP contribution in [0.5, 0.6) is 0 Å². The number of hydrogen-bond acceptors (Lipinski definition) is 5. The maximum atomic E-state index is 12.2. The van der Waals surface area contributed by atoms with Gasteiger partial charge in [-0.05, 0) is 18.9 Å². The summed E-state index contributed by atoms with van der Waals surface area (Å²) >= 11 is 0. The summed E-state index contributed by atoms with van der Waals surface area (Å²) in [6, 6.07) is 3.64. The molecule has 0 heterocycles. The molecule has 0 bridgehead atoms. The fourth-order valence-electron chi connectivity index (χ4n) is 1.87. The van der Waals surface area contributed by atoms with Gasteiger partial charge in [0.15, 0.2) is 0 Å². The highest BCUT2D eigenvalue weighted by molar-refractivity contribution is 7.89. The second kappa shape index (κ2) is 5.14. The van der Waals surface area contributed by atoms with Crippen LogP contribution < -0.4 is 10.0 Å². The van der Waals surface area contributed by atoms with Crippen LogP contribution in [0.2, 0.25) is 0 Å². The first-order valence-electron chi connectivity index (χ1n) is 5.92. The number of rotatable bonds is 5. The van der Waals surface area contributed by atoms with Gasteiger partial charge in [-0.2, -0.15) is 0 Å². The first-order chi connectivity index (χ1) is 8.94. The minimum Gasteiger partial charge on any atom is -0.387 e. The van der Waals surface area contributed by atoms with E-state index >= 15 is 0 Å². The van der Waals surface area contributed by atoms with Crippen molar-refractivity contribution in [3.8, 4) is 0 Å². The molecule has 1 fully saturated rings. The maximum absolute atomic E-state index is 12.2. The van der Waals surface area contributed by atoms with Crippen LogP contribution in [-0.2, 0) is 10.0 Å². The molecular weight excluding hydrogens is 270 g/mol. The van der Waals surface area contributed by atoms with Gasteiger partial charge in [0.2, 0.25) is 10.0 Å². The predicted octanol–water partition coefficient (Wildman–Crippen LogP) is 1.47. The van der Waals surface area contributed by atoms with E-state index in [-0.39, 0.29) is 22.3 Å². The summed E-state index contributed by atoms with van der Waals surface area (Å²) < 4.78 is 26.9. The number of nitrogens with one attached hydrogen (secondary N) is 2. The van der Waals surface area contributed by atoms with E-state index in [2.05, 4.69) is 10.0 Å². The van der Waals surface area contributed by atoms with E-state index in [1.165, 1.54) is 25.2 Å². The molecule has 2 N–H and O–H groups in total. The molecule has 19 heavy (non-hydrogen) atoms. The molecular formula is C11H15N3O4S. The maximum Gasteiger partial charge on any atom is 0.271 e. The van der Waals surface area contributed by atoms with Crippen LogP contribution in [0.3, 0.4) is 0 Å². The monoisotopic (exact) mass is 285 g/mol. The van der Waals surface area contributed by atoms with Gasteiger partial charge < -0.3 is 5.32 Å². The van der Waals surface area contributed by atoms with Gasteiger partial charge in [-0.1, -0.05) is 6.42 Å². The second-order valence-electron chi connectivity index (χ2n) is 4.44. The smallest absolute Gasteiger partial charge is 0.271 e. The fourth-order valence-corrected chi connectivity index (χ4v) is 3.37. The highest BCUT2D eigenvalue weighted by atomic mass is 32.2. The molecule has 0 atom stereocenters. The number of nitro groups is 1. The third-order valence-electron chi connectivity index (χ3n) is 3.16. The Labute approximate surface area is 111 Å². The topological polar surface area (TPSA) is 101 Å². The van der Waals surface area contributed by atoms with Gasteiger partial charge in [0.1, 0.15) is 4.90 Å². The first kappa shape index (κ1) is 13.8. The zero-order valence-electron chi connectivity index (χ0n) is 10.4. The molecule has 0 amide bonds. The molecule has 2 rings (SSSR count). The lowest BCUT2D eigenvalue weighted by molar-refractivity contribution is -0.384. The number of nitrogens with zero attached hydrogens (tertiary/aromatic N) is 1. The Hall–Kier alpha value is -1.67. The quantitative estimate of drug-likeness (QED) is 0.630. The van der Waals surface area contributed by atoms with Gasteiger partial charge in [-0.15, -0.1) is 0 Å². The van der Waals surface area contributed by atoms with Crippen molar-refractivity contribution in [3.63, 3.8) is 0 Å². The molecule has 1 aromatic carbocycles. The molecule has 0 aromatic heterocycles. The Morgan fingerprint density at radius 3 is 2.53 bits per heavy atom. The standard InChI is InChI=1S/C11H15N3O4S/c1-12-10-7-9(14(15)16)5-6-11(10)19(17,18)13-8-3-2-4-8/h5-8,12-13H,2-4H2,1H3. The van der Waals surface area contributed by atoms with Crippen molar-refractivity contribution in [1.82, 2.24) is 4.72 Å². The molecule has 1 aliphatic carbocycles. The van der Waals surface area contributed by atoms with E-state index in [1.807, 2.05) is 0 Å². The molecule has 0 saturated heterocycles. The van der Waals surface area contributed by atoms with Crippen molar-refractivity contribution >= 4 is 21.4 Å². The Bertz CT molecular complexity index is 596. The number of anilines is 1. The molecule has 1 saturated carbocycles. The number of non-ortho nitro benzene ring substituents is 1. The summed E-state index contributed by atoms with van der Waals surface area (Å²) in [5.41, 5.74) is 0.0768. The molecule has 7 nitrogen and oxygen atoms in total. The van der Waals surface area contributed by atoms with Crippen LogP contribution in [0.4, 0.5) is 11.4 Å². The van der Waals surface area contributed by atoms with E-state index in [0.29, 0.717) is 0 Å². The molecule has 0 aliphatic heterocycles. The normalized spacial score (nSPS) is 15.8. The van der Waals surface area contributed by atoms with Crippen molar-refractivity contribution in [2.24, 2.45) is 0 Å². The Balaban J connectivity index is 2.35. The predicted molar refractivity (Wildman–Crippen MR) is 70.6 cm³/mol. The minimum absolute atomic E-state index is 0.0232. The van der Waals surface area contributed by atoms with E-state index in [0.717, 1.165) is 19.3 Å². The van der Waals surface area contributed by atoms with Crippen LogP contribution in [0.1, 0.15) is 19.3 Å². The average molecular weight is 285 g/mol. The summed E-state index contributed by atoms with van der Waals surface area (Å²) in [6.45, 7) is 0. The summed E-state index contributed by atoms with van der Waals surface area (Å²) in [7, 11) is -2.11. The highest BCUT2D eigenvalue weighted by Crippen LogP contribution is 2.28. The molecule has 104 valence electrons. The lowest BCUT2D eigenvalue weighted by Crippen LogP contribution is -2.39. The van der Waals surface area contributed by atoms with Crippen molar-refractivity contribution in [2.45, 2.75) is 30.2 Å². The number of sulfonamides is 1. The van der Waals surface area contributed by atoms with Crippen LogP contribution in [0.15, 0.2) is 23.1 Å². The Kier molecular flexibility index (Phi) is 3.72. The van der Waals surface area contributed by atoms with Gasteiger partial charge in [-0.3, -0.25) is 10.1 Å². The van der Waals surface area contributed by atoms with Crippen molar-refractivity contribution in [1.29, 1.82) is 0 Å². The zero-order chi connectivity index (χ0) is 14.0. The van der Waals surface area contributed by atoms with Gasteiger partial charge in [0, 0.05) is 25.2 Å². The van der Waals surface area contributed by atoms with Gasteiger partial charge in [-0.25, -0.2) is 13.1 Å². The van der Waals surface area contributed by atoms with Crippen LogP contribution in [0, 0.1) is 10.1 Å². The third kappa shape index (κ3) is 2.85. The number of benzene rings is 1. The summed E-state index contributed by atoms with van der Waals surface area (Å²) in [5, 5.41) is 13.4. The van der Waals surface area contributed by atoms with Gasteiger partial charge in [0.05, 0.1) is 10.6 Å². The van der Waals surface area contributed by atoms with E-state index < -0.39 is 14.9 Å². The number of hydrogen-bond donors (Lipinski definition) is 2. The zero-order valence-corrected chi connectivity index (χ0v) is 11.2. The van der Waals surface area contributed by atoms with Crippen molar-refractivity contribution < 1.29 is 13.3 Å². The fraction of sp³-hybridized carbons (Fsp3) is 0.455. The molecule has 1 aromatic rings. The first-order valence-corrected chi connectivity index (χ1v) is 7.41. The van der Waals surface area contributed by atoms with Crippen molar-refractivity contribution in [3.05, 3.63) is 28.3 Å². The van der Waals surface area contributed by atoms with Gasteiger partial charge >= 0.3 is 0 Å². The van der Waals surface area contributed by atoms with Crippen molar-refractivity contribution in [2.75, 3.05) is 12.4 Å². The molecule has 0 unspecified atom stereocenters. The molecule has 0 radical (unpaired) electrons. The second-order valence-corrected chi connectivity index (χ2v) is 6.12. The summed E-state index contributed by atoms with van der Waals surface area (Å²) in [4.78, 5) is 10.2. The lowest BCUT2D eigenvalue weighted by Gasteiger charge is -2.26. The minimum atomic E-state index is -3.64. The Morgan fingerprint density at radius 1 is 1.37 bits per heavy atom. The SMILES string of the molecule is CNc1cc([N+](=O)[O-])ccc1S(=O)(=O)NC1CCC1. The van der Waals surface area contributed by atoms with E-state index in [9.17, 15) is 18.5 Å². The van der Waals surface area contributed by atoms with E-state index in [4.69, 9.17) is 0 Å². The summed E-state index contributed by atoms with van der Waals surface area (Å²) in [6.07, 6.45) is 2.69. The molecule has 1 aliphatic rings. The van der Waals surface area contributed by atoms with Crippen LogP contribution >= 0.6 is 0 Å². The van der Waals surface area contributed by atoms with E-state index in [1.54, 1.807) is 0 Å². The summed E-state index contributed by atoms with van der Waals surface area (Å²) in [5.74, 6) is 0. The molecule has 8 heteroatoms. The van der Waals surface area contributed by atoms with Gasteiger partial charge in [0.25, 0.3) is 5.69 Å². The molecule has 0 spiro atoms.